The summed E-state index contributed by atoms with van der Waals surface area (Å²) in [6.45, 7) is 11.2. The van der Waals surface area contributed by atoms with Crippen LogP contribution in [0.5, 0.6) is 0 Å². The number of rotatable bonds is 4. The van der Waals surface area contributed by atoms with E-state index in [1.807, 2.05) is 44.2 Å². The number of hydrogen-bond donors (Lipinski definition) is 1. The molecule has 1 N–H and O–H groups in total. The molecule has 1 aliphatic rings. The molecule has 0 unspecified atom stereocenters. The number of benzene rings is 1. The van der Waals surface area contributed by atoms with Crippen molar-refractivity contribution < 1.29 is 0 Å². The molecule has 0 spiro atoms. The normalized spacial score (nSPS) is 16.4. The standard InChI is InChI=1S/C24H30N4OS/c1-15(2)26-27-23-25-21-20(22(29)28(23)14-16-9-7-6-8-10-16)18-12-11-17(24(3,4)5)13-19(18)30-21/h6-10,17H,11-14H2,1-5H3,(H,25,27)/t17-/m1/s1. The van der Waals surface area contributed by atoms with Gasteiger partial charge >= 0.3 is 0 Å². The maximum absolute atomic E-state index is 13.7. The Morgan fingerprint density at radius 3 is 2.67 bits per heavy atom. The fourth-order valence-corrected chi connectivity index (χ4v) is 5.45. The van der Waals surface area contributed by atoms with E-state index >= 15 is 0 Å². The maximum atomic E-state index is 13.7. The Bertz CT molecular complexity index is 1150. The van der Waals surface area contributed by atoms with Crippen molar-refractivity contribution in [3.8, 4) is 0 Å². The van der Waals surface area contributed by atoms with Gasteiger partial charge in [0.15, 0.2) is 0 Å². The molecule has 0 radical (unpaired) electrons. The molecule has 3 aromatic rings. The van der Waals surface area contributed by atoms with Crippen LogP contribution in [0, 0.1) is 11.3 Å². The largest absolute Gasteiger partial charge is 0.272 e. The quantitative estimate of drug-likeness (QED) is 0.448. The molecule has 0 bridgehead atoms. The van der Waals surface area contributed by atoms with Crippen LogP contribution in [0.4, 0.5) is 5.95 Å². The zero-order valence-electron chi connectivity index (χ0n) is 18.5. The van der Waals surface area contributed by atoms with Crippen molar-refractivity contribution in [3.05, 3.63) is 56.7 Å². The topological polar surface area (TPSA) is 59.3 Å². The number of aryl methyl sites for hydroxylation is 1. The van der Waals surface area contributed by atoms with E-state index in [4.69, 9.17) is 4.98 Å². The van der Waals surface area contributed by atoms with Crippen LogP contribution in [0.1, 0.15) is 57.0 Å². The minimum absolute atomic E-state index is 0.0296. The lowest BCUT2D eigenvalue weighted by Crippen LogP contribution is -2.28. The Labute approximate surface area is 181 Å². The number of nitrogens with one attached hydrogen (secondary N) is 1. The van der Waals surface area contributed by atoms with Crippen LogP contribution < -0.4 is 11.0 Å². The SMILES string of the molecule is CC(C)=NNc1nc2sc3c(c2c(=O)n1Cc1ccccc1)CC[C@@H](C(C)(C)C)C3. The summed E-state index contributed by atoms with van der Waals surface area (Å²) in [7, 11) is 0. The van der Waals surface area contributed by atoms with Gasteiger partial charge in [-0.1, -0.05) is 51.1 Å². The molecule has 0 fully saturated rings. The number of anilines is 1. The van der Waals surface area contributed by atoms with Crippen LogP contribution in [0.15, 0.2) is 40.2 Å². The summed E-state index contributed by atoms with van der Waals surface area (Å²) in [6.07, 6.45) is 3.12. The zero-order valence-corrected chi connectivity index (χ0v) is 19.3. The number of nitrogens with zero attached hydrogens (tertiary/aromatic N) is 3. The molecular weight excluding hydrogens is 392 g/mol. The summed E-state index contributed by atoms with van der Waals surface area (Å²) in [5.41, 5.74) is 6.50. The minimum atomic E-state index is 0.0296. The van der Waals surface area contributed by atoms with E-state index in [0.717, 1.165) is 40.8 Å². The molecule has 30 heavy (non-hydrogen) atoms. The third kappa shape index (κ3) is 4.06. The minimum Gasteiger partial charge on any atom is -0.272 e. The molecule has 1 aliphatic carbocycles. The van der Waals surface area contributed by atoms with Crippen molar-refractivity contribution in [2.45, 2.75) is 60.4 Å². The highest BCUT2D eigenvalue weighted by Crippen LogP contribution is 2.42. The van der Waals surface area contributed by atoms with E-state index in [-0.39, 0.29) is 11.0 Å². The third-order valence-corrected chi connectivity index (χ3v) is 7.10. The Morgan fingerprint density at radius 2 is 2.00 bits per heavy atom. The van der Waals surface area contributed by atoms with Crippen molar-refractivity contribution >= 4 is 33.2 Å². The van der Waals surface area contributed by atoms with Crippen LogP contribution in [-0.4, -0.2) is 15.3 Å². The van der Waals surface area contributed by atoms with Gasteiger partial charge in [-0.15, -0.1) is 11.3 Å². The molecule has 4 rings (SSSR count). The Morgan fingerprint density at radius 1 is 1.27 bits per heavy atom. The van der Waals surface area contributed by atoms with Gasteiger partial charge in [0.25, 0.3) is 5.56 Å². The zero-order chi connectivity index (χ0) is 21.5. The number of hydrazone groups is 1. The molecule has 5 nitrogen and oxygen atoms in total. The fourth-order valence-electron chi connectivity index (χ4n) is 4.16. The molecule has 0 saturated heterocycles. The van der Waals surface area contributed by atoms with Crippen molar-refractivity contribution in [2.75, 3.05) is 5.43 Å². The van der Waals surface area contributed by atoms with Gasteiger partial charge in [0.2, 0.25) is 5.95 Å². The Hall–Kier alpha value is -2.47. The summed E-state index contributed by atoms with van der Waals surface area (Å²) in [6, 6.07) is 10.0. The summed E-state index contributed by atoms with van der Waals surface area (Å²) < 4.78 is 1.73. The van der Waals surface area contributed by atoms with Crippen molar-refractivity contribution in [3.63, 3.8) is 0 Å². The van der Waals surface area contributed by atoms with Crippen LogP contribution in [0.2, 0.25) is 0 Å². The van der Waals surface area contributed by atoms with Gasteiger partial charge in [0, 0.05) is 10.6 Å². The second-order valence-electron chi connectivity index (χ2n) is 9.47. The average Bonchev–Trinajstić information content (AvgIpc) is 3.06. The van der Waals surface area contributed by atoms with Crippen LogP contribution >= 0.6 is 11.3 Å². The number of fused-ring (bicyclic) bond motifs is 3. The fraction of sp³-hybridized carbons (Fsp3) is 0.458. The van der Waals surface area contributed by atoms with Gasteiger partial charge in [-0.25, -0.2) is 10.4 Å². The Kier molecular flexibility index (Phi) is 5.53. The highest BCUT2D eigenvalue weighted by molar-refractivity contribution is 7.18. The van der Waals surface area contributed by atoms with Crippen molar-refractivity contribution in [1.82, 2.24) is 9.55 Å². The van der Waals surface area contributed by atoms with Crippen LogP contribution in [0.25, 0.3) is 10.2 Å². The first-order chi connectivity index (χ1) is 14.2. The predicted molar refractivity (Wildman–Crippen MR) is 127 cm³/mol. The second kappa shape index (κ2) is 7.99. The lowest BCUT2D eigenvalue weighted by atomic mass is 9.72. The van der Waals surface area contributed by atoms with Crippen molar-refractivity contribution in [2.24, 2.45) is 16.4 Å². The average molecular weight is 423 g/mol. The molecule has 2 heterocycles. The summed E-state index contributed by atoms with van der Waals surface area (Å²) in [5, 5.41) is 5.13. The summed E-state index contributed by atoms with van der Waals surface area (Å²) in [5.74, 6) is 1.14. The summed E-state index contributed by atoms with van der Waals surface area (Å²) in [4.78, 5) is 20.7. The Balaban J connectivity index is 1.84. The maximum Gasteiger partial charge on any atom is 0.264 e. The van der Waals surface area contributed by atoms with Crippen LogP contribution in [0.3, 0.4) is 0 Å². The van der Waals surface area contributed by atoms with Crippen LogP contribution in [-0.2, 0) is 19.4 Å². The van der Waals surface area contributed by atoms with E-state index in [2.05, 4.69) is 31.3 Å². The van der Waals surface area contributed by atoms with E-state index < -0.39 is 0 Å². The van der Waals surface area contributed by atoms with Gasteiger partial charge in [-0.2, -0.15) is 5.10 Å². The van der Waals surface area contributed by atoms with Gasteiger partial charge in [-0.3, -0.25) is 9.36 Å². The molecule has 0 aliphatic heterocycles. The first-order valence-electron chi connectivity index (χ1n) is 10.6. The lowest BCUT2D eigenvalue weighted by Gasteiger charge is -2.33. The first-order valence-corrected chi connectivity index (χ1v) is 11.4. The summed E-state index contributed by atoms with van der Waals surface area (Å²) >= 11 is 1.68. The highest BCUT2D eigenvalue weighted by Gasteiger charge is 2.32. The predicted octanol–water partition coefficient (Wildman–Crippen LogP) is 5.47. The highest BCUT2D eigenvalue weighted by atomic mass is 32.1. The third-order valence-electron chi connectivity index (χ3n) is 5.96. The molecule has 1 atom stereocenters. The molecular formula is C24H30N4OS. The van der Waals surface area contributed by atoms with Gasteiger partial charge in [0.1, 0.15) is 4.83 Å². The molecule has 1 aromatic carbocycles. The lowest BCUT2D eigenvalue weighted by molar-refractivity contribution is 0.218. The second-order valence-corrected chi connectivity index (χ2v) is 10.6. The van der Waals surface area contributed by atoms with E-state index in [1.165, 1.54) is 10.4 Å². The molecule has 2 aromatic heterocycles. The number of hydrogen-bond acceptors (Lipinski definition) is 5. The van der Waals surface area contributed by atoms with E-state index in [9.17, 15) is 4.79 Å². The first kappa shape index (κ1) is 20.8. The smallest absolute Gasteiger partial charge is 0.264 e. The molecule has 0 amide bonds. The van der Waals surface area contributed by atoms with E-state index in [1.54, 1.807) is 15.9 Å². The monoisotopic (exact) mass is 422 g/mol. The van der Waals surface area contributed by atoms with Gasteiger partial charge < -0.3 is 0 Å². The number of aromatic nitrogens is 2. The molecule has 6 heteroatoms. The molecule has 158 valence electrons. The van der Waals surface area contributed by atoms with Gasteiger partial charge in [-0.05, 0) is 55.6 Å². The van der Waals surface area contributed by atoms with E-state index in [0.29, 0.717) is 18.4 Å². The van der Waals surface area contributed by atoms with Crippen molar-refractivity contribution in [1.29, 1.82) is 0 Å². The number of thiophene rings is 1. The van der Waals surface area contributed by atoms with Gasteiger partial charge in [0.05, 0.1) is 11.9 Å². The molecule has 0 saturated carbocycles.